The van der Waals surface area contributed by atoms with Crippen molar-refractivity contribution in [2.24, 2.45) is 4.99 Å². The molecule has 0 aliphatic carbocycles. The Morgan fingerprint density at radius 2 is 2.31 bits per heavy atom. The first kappa shape index (κ1) is 10.7. The van der Waals surface area contributed by atoms with Crippen LogP contribution in [0.5, 0.6) is 0 Å². The van der Waals surface area contributed by atoms with Gasteiger partial charge in [0.1, 0.15) is 17.9 Å². The van der Waals surface area contributed by atoms with Gasteiger partial charge in [-0.1, -0.05) is 23.7 Å². The van der Waals surface area contributed by atoms with E-state index in [9.17, 15) is 0 Å². The number of nitrogens with zero attached hydrogens (tertiary/aromatic N) is 2. The highest BCUT2D eigenvalue weighted by atomic mass is 35.5. The molecular formula is C12H10ClN3. The van der Waals surface area contributed by atoms with Crippen molar-refractivity contribution >= 4 is 23.0 Å². The number of halogens is 1. The quantitative estimate of drug-likeness (QED) is 0.808. The molecular weight excluding hydrogens is 222 g/mol. The average molecular weight is 232 g/mol. The lowest BCUT2D eigenvalue weighted by molar-refractivity contribution is 0.681. The number of nitrogens with one attached hydrogen (secondary N) is 1. The molecule has 80 valence electrons. The Hall–Kier alpha value is -1.79. The summed E-state index contributed by atoms with van der Waals surface area (Å²) in [5, 5.41) is 12.7. The molecule has 0 saturated carbocycles. The second-order valence-electron chi connectivity index (χ2n) is 3.51. The van der Waals surface area contributed by atoms with E-state index in [1.54, 1.807) is 6.08 Å². The molecule has 0 radical (unpaired) electrons. The molecule has 16 heavy (non-hydrogen) atoms. The van der Waals surface area contributed by atoms with Crippen molar-refractivity contribution in [3.63, 3.8) is 0 Å². The molecule has 0 spiro atoms. The van der Waals surface area contributed by atoms with E-state index >= 15 is 0 Å². The predicted octanol–water partition coefficient (Wildman–Crippen LogP) is 2.59. The molecule has 1 aliphatic rings. The molecule has 1 N–H and O–H groups in total. The van der Waals surface area contributed by atoms with Crippen LogP contribution in [0.25, 0.3) is 5.70 Å². The van der Waals surface area contributed by atoms with Crippen LogP contribution in [0.1, 0.15) is 12.5 Å². The summed E-state index contributed by atoms with van der Waals surface area (Å²) in [4.78, 5) is 4.13. The van der Waals surface area contributed by atoms with Gasteiger partial charge in [0.2, 0.25) is 0 Å². The lowest BCUT2D eigenvalue weighted by atomic mass is 10.1. The van der Waals surface area contributed by atoms with E-state index in [4.69, 9.17) is 16.9 Å². The maximum Gasteiger partial charge on any atom is 0.139 e. The van der Waals surface area contributed by atoms with Crippen molar-refractivity contribution in [2.75, 3.05) is 0 Å². The van der Waals surface area contributed by atoms with Crippen LogP contribution in [0.3, 0.4) is 0 Å². The third-order valence-corrected chi connectivity index (χ3v) is 2.46. The van der Waals surface area contributed by atoms with E-state index in [-0.39, 0.29) is 6.17 Å². The van der Waals surface area contributed by atoms with E-state index in [0.717, 1.165) is 11.3 Å². The summed E-state index contributed by atoms with van der Waals surface area (Å²) in [5.74, 6) is 0. The van der Waals surface area contributed by atoms with Crippen molar-refractivity contribution in [2.45, 2.75) is 13.1 Å². The van der Waals surface area contributed by atoms with Crippen LogP contribution in [0.4, 0.5) is 0 Å². The van der Waals surface area contributed by atoms with Crippen LogP contribution >= 0.6 is 11.6 Å². The van der Waals surface area contributed by atoms with E-state index in [1.807, 2.05) is 37.3 Å². The second-order valence-corrected chi connectivity index (χ2v) is 3.95. The molecule has 1 aromatic carbocycles. The van der Waals surface area contributed by atoms with Gasteiger partial charge in [0.05, 0.1) is 0 Å². The first-order valence-corrected chi connectivity index (χ1v) is 5.29. The Morgan fingerprint density at radius 1 is 1.50 bits per heavy atom. The molecule has 1 unspecified atom stereocenters. The van der Waals surface area contributed by atoms with E-state index in [1.165, 1.54) is 0 Å². The van der Waals surface area contributed by atoms with Crippen molar-refractivity contribution in [1.82, 2.24) is 5.32 Å². The van der Waals surface area contributed by atoms with E-state index < -0.39 is 0 Å². The maximum atomic E-state index is 8.85. The van der Waals surface area contributed by atoms with Crippen molar-refractivity contribution in [3.05, 3.63) is 40.9 Å². The predicted molar refractivity (Wildman–Crippen MR) is 65.1 cm³/mol. The number of aliphatic imine (C=N–C) groups is 1. The smallest absolute Gasteiger partial charge is 0.139 e. The van der Waals surface area contributed by atoms with E-state index in [2.05, 4.69) is 10.3 Å². The van der Waals surface area contributed by atoms with Gasteiger partial charge >= 0.3 is 0 Å². The zero-order valence-electron chi connectivity index (χ0n) is 8.74. The summed E-state index contributed by atoms with van der Waals surface area (Å²) < 4.78 is 0. The molecule has 3 nitrogen and oxygen atoms in total. The highest BCUT2D eigenvalue weighted by molar-refractivity contribution is 6.30. The zero-order chi connectivity index (χ0) is 11.5. The Balaban J connectivity index is 2.39. The fourth-order valence-corrected chi connectivity index (χ4v) is 1.76. The van der Waals surface area contributed by atoms with Gasteiger partial charge < -0.3 is 5.32 Å². The van der Waals surface area contributed by atoms with Crippen molar-refractivity contribution in [1.29, 1.82) is 5.26 Å². The molecule has 0 fully saturated rings. The fraction of sp³-hybridized carbons (Fsp3) is 0.167. The first-order chi connectivity index (χ1) is 7.69. The van der Waals surface area contributed by atoms with Gasteiger partial charge in [-0.2, -0.15) is 5.26 Å². The fourth-order valence-electron chi connectivity index (χ4n) is 1.57. The number of rotatable bonds is 1. The summed E-state index contributed by atoms with van der Waals surface area (Å²) in [7, 11) is 0. The molecule has 1 aromatic rings. The molecule has 2 rings (SSSR count). The van der Waals surface area contributed by atoms with Gasteiger partial charge in [-0.05, 0) is 30.7 Å². The Bertz CT molecular complexity index is 511. The maximum absolute atomic E-state index is 8.85. The van der Waals surface area contributed by atoms with Crippen LogP contribution in [0.15, 0.2) is 35.3 Å². The molecule has 0 saturated heterocycles. The lowest BCUT2D eigenvalue weighted by Gasteiger charge is -2.19. The van der Waals surface area contributed by atoms with Gasteiger partial charge in [-0.25, -0.2) is 4.99 Å². The second kappa shape index (κ2) is 4.38. The molecule has 1 atom stereocenters. The summed E-state index contributed by atoms with van der Waals surface area (Å²) in [6, 6.07) is 9.54. The SMILES string of the molecule is CC1N=C(C#N)C=C(c2cccc(Cl)c2)N1. The largest absolute Gasteiger partial charge is 0.363 e. The molecule has 0 bridgehead atoms. The van der Waals surface area contributed by atoms with Gasteiger partial charge in [0.25, 0.3) is 0 Å². The van der Waals surface area contributed by atoms with Gasteiger partial charge in [-0.3, -0.25) is 0 Å². The van der Waals surface area contributed by atoms with Crippen LogP contribution in [-0.4, -0.2) is 11.9 Å². The standard InChI is InChI=1S/C12H10ClN3/c1-8-15-11(7-14)6-12(16-8)9-3-2-4-10(13)5-9/h2-6,8,16H,1H3. The lowest BCUT2D eigenvalue weighted by Crippen LogP contribution is -2.27. The highest BCUT2D eigenvalue weighted by Crippen LogP contribution is 2.19. The van der Waals surface area contributed by atoms with Crippen molar-refractivity contribution < 1.29 is 0 Å². The van der Waals surface area contributed by atoms with E-state index in [0.29, 0.717) is 10.7 Å². The molecule has 0 aromatic heterocycles. The van der Waals surface area contributed by atoms with Crippen LogP contribution in [-0.2, 0) is 0 Å². The van der Waals surface area contributed by atoms with Crippen LogP contribution in [0.2, 0.25) is 5.02 Å². The number of allylic oxidation sites excluding steroid dienone is 1. The Labute approximate surface area is 99.1 Å². The van der Waals surface area contributed by atoms with Gasteiger partial charge in [0, 0.05) is 10.7 Å². The minimum atomic E-state index is -0.0892. The molecule has 1 aliphatic heterocycles. The zero-order valence-corrected chi connectivity index (χ0v) is 9.49. The van der Waals surface area contributed by atoms with Gasteiger partial charge in [0.15, 0.2) is 0 Å². The Kier molecular flexibility index (Phi) is 2.93. The third-order valence-electron chi connectivity index (χ3n) is 2.23. The number of nitriles is 1. The van der Waals surface area contributed by atoms with Crippen LogP contribution in [0, 0.1) is 11.3 Å². The van der Waals surface area contributed by atoms with Gasteiger partial charge in [-0.15, -0.1) is 0 Å². The summed E-state index contributed by atoms with van der Waals surface area (Å²) in [5.41, 5.74) is 2.27. The molecule has 1 heterocycles. The van der Waals surface area contributed by atoms with Crippen molar-refractivity contribution in [3.8, 4) is 6.07 Å². The summed E-state index contributed by atoms with van der Waals surface area (Å²) >= 11 is 5.92. The topological polar surface area (TPSA) is 48.2 Å². The van der Waals surface area contributed by atoms with Crippen LogP contribution < -0.4 is 5.32 Å². The molecule has 4 heteroatoms. The third kappa shape index (κ3) is 2.23. The monoisotopic (exact) mass is 231 g/mol. The minimum absolute atomic E-state index is 0.0892. The number of hydrogen-bond donors (Lipinski definition) is 1. The average Bonchev–Trinajstić information content (AvgIpc) is 2.28. The Morgan fingerprint density at radius 3 is 3.00 bits per heavy atom. The molecule has 0 amide bonds. The normalized spacial score (nSPS) is 19.2. The number of hydrogen-bond acceptors (Lipinski definition) is 3. The number of benzene rings is 1. The minimum Gasteiger partial charge on any atom is -0.363 e. The summed E-state index contributed by atoms with van der Waals surface area (Å²) in [6.45, 7) is 1.90. The summed E-state index contributed by atoms with van der Waals surface area (Å²) in [6.07, 6.45) is 1.64. The first-order valence-electron chi connectivity index (χ1n) is 4.91. The highest BCUT2D eigenvalue weighted by Gasteiger charge is 2.12.